The van der Waals surface area contributed by atoms with Gasteiger partial charge in [0, 0.05) is 16.3 Å². The summed E-state index contributed by atoms with van der Waals surface area (Å²) >= 11 is 1.93. The van der Waals surface area contributed by atoms with Crippen molar-refractivity contribution >= 4 is 23.7 Å². The van der Waals surface area contributed by atoms with Crippen molar-refractivity contribution in [2.24, 2.45) is 5.92 Å². The molecule has 2 heterocycles. The quantitative estimate of drug-likeness (QED) is 0.894. The van der Waals surface area contributed by atoms with Gasteiger partial charge in [0.05, 0.1) is 0 Å². The molecular formula is C15H27ClN2S. The van der Waals surface area contributed by atoms with Gasteiger partial charge in [0.25, 0.3) is 0 Å². The van der Waals surface area contributed by atoms with E-state index in [-0.39, 0.29) is 12.4 Å². The van der Waals surface area contributed by atoms with Crippen molar-refractivity contribution < 1.29 is 0 Å². The lowest BCUT2D eigenvalue weighted by atomic mass is 9.93. The Balaban J connectivity index is 0.00000180. The summed E-state index contributed by atoms with van der Waals surface area (Å²) in [5, 5.41) is 3.26. The highest BCUT2D eigenvalue weighted by atomic mass is 35.5. The molecule has 0 spiro atoms. The third-order valence-electron chi connectivity index (χ3n) is 4.05. The summed E-state index contributed by atoms with van der Waals surface area (Å²) in [4.78, 5) is 5.58. The normalized spacial score (nSPS) is 17.4. The van der Waals surface area contributed by atoms with Gasteiger partial charge in [-0.2, -0.15) is 0 Å². The molecule has 0 amide bonds. The van der Waals surface area contributed by atoms with Gasteiger partial charge in [-0.05, 0) is 77.3 Å². The number of piperidine rings is 1. The first-order valence-corrected chi connectivity index (χ1v) is 7.93. The van der Waals surface area contributed by atoms with E-state index < -0.39 is 0 Å². The Labute approximate surface area is 128 Å². The second kappa shape index (κ2) is 8.25. The SMILES string of the molecule is CNCCC1CCN(Cc2cc(C)sc2C)CC1.Cl. The predicted octanol–water partition coefficient (Wildman–Crippen LogP) is 3.61. The van der Waals surface area contributed by atoms with E-state index >= 15 is 0 Å². The average molecular weight is 303 g/mol. The van der Waals surface area contributed by atoms with E-state index in [1.165, 1.54) is 48.7 Å². The smallest absolute Gasteiger partial charge is 0.0244 e. The van der Waals surface area contributed by atoms with Gasteiger partial charge in [0.1, 0.15) is 0 Å². The standard InChI is InChI=1S/C15H26N2S.ClH/c1-12-10-15(13(2)18-12)11-17-8-5-14(6-9-17)4-7-16-3;/h10,14,16H,4-9,11H2,1-3H3;1H. The van der Waals surface area contributed by atoms with E-state index in [9.17, 15) is 0 Å². The molecule has 0 bridgehead atoms. The minimum atomic E-state index is 0. The van der Waals surface area contributed by atoms with Crippen molar-refractivity contribution in [3.63, 3.8) is 0 Å². The van der Waals surface area contributed by atoms with Gasteiger partial charge in [-0.15, -0.1) is 23.7 Å². The van der Waals surface area contributed by atoms with Gasteiger partial charge in [-0.25, -0.2) is 0 Å². The molecule has 19 heavy (non-hydrogen) atoms. The van der Waals surface area contributed by atoms with Gasteiger partial charge in [-0.1, -0.05) is 0 Å². The minimum Gasteiger partial charge on any atom is -0.320 e. The molecule has 0 saturated carbocycles. The fourth-order valence-electron chi connectivity index (χ4n) is 2.86. The fourth-order valence-corrected chi connectivity index (χ4v) is 3.80. The highest BCUT2D eigenvalue weighted by molar-refractivity contribution is 7.12. The Morgan fingerprint density at radius 2 is 2.00 bits per heavy atom. The molecule has 2 nitrogen and oxygen atoms in total. The highest BCUT2D eigenvalue weighted by Crippen LogP contribution is 2.25. The summed E-state index contributed by atoms with van der Waals surface area (Å²) < 4.78 is 0. The lowest BCUT2D eigenvalue weighted by Crippen LogP contribution is -2.34. The number of nitrogens with one attached hydrogen (secondary N) is 1. The maximum atomic E-state index is 3.26. The Morgan fingerprint density at radius 1 is 1.32 bits per heavy atom. The van der Waals surface area contributed by atoms with Gasteiger partial charge < -0.3 is 5.32 Å². The molecule has 0 atom stereocenters. The average Bonchev–Trinajstić information content (AvgIpc) is 2.67. The molecule has 1 aliphatic rings. The number of likely N-dealkylation sites (tertiary alicyclic amines) is 1. The predicted molar refractivity (Wildman–Crippen MR) is 87.6 cm³/mol. The van der Waals surface area contributed by atoms with Gasteiger partial charge in [0.15, 0.2) is 0 Å². The molecule has 0 aliphatic carbocycles. The zero-order valence-corrected chi connectivity index (χ0v) is 14.0. The number of halogens is 1. The zero-order valence-electron chi connectivity index (χ0n) is 12.4. The van der Waals surface area contributed by atoms with Crippen LogP contribution in [0, 0.1) is 19.8 Å². The van der Waals surface area contributed by atoms with E-state index in [2.05, 4.69) is 37.2 Å². The molecule has 1 fully saturated rings. The zero-order chi connectivity index (χ0) is 13.0. The summed E-state index contributed by atoms with van der Waals surface area (Å²) in [5.74, 6) is 0.944. The summed E-state index contributed by atoms with van der Waals surface area (Å²) in [6.45, 7) is 9.37. The highest BCUT2D eigenvalue weighted by Gasteiger charge is 2.19. The van der Waals surface area contributed by atoms with Crippen LogP contribution in [0.4, 0.5) is 0 Å². The number of rotatable bonds is 5. The number of hydrogen-bond donors (Lipinski definition) is 1. The molecule has 0 radical (unpaired) electrons. The molecule has 1 N–H and O–H groups in total. The molecule has 4 heteroatoms. The first-order valence-electron chi connectivity index (χ1n) is 7.12. The van der Waals surface area contributed by atoms with E-state index in [0.29, 0.717) is 0 Å². The molecule has 0 unspecified atom stereocenters. The first kappa shape index (κ1) is 17.0. The van der Waals surface area contributed by atoms with Crippen LogP contribution in [0.15, 0.2) is 6.07 Å². The number of aryl methyl sites for hydroxylation is 2. The molecule has 1 aliphatic heterocycles. The van der Waals surface area contributed by atoms with Crippen molar-refractivity contribution in [2.45, 2.75) is 39.7 Å². The Hall–Kier alpha value is -0.0900. The first-order chi connectivity index (χ1) is 8.69. The number of hydrogen-bond acceptors (Lipinski definition) is 3. The fraction of sp³-hybridized carbons (Fsp3) is 0.733. The van der Waals surface area contributed by atoms with Gasteiger partial charge >= 0.3 is 0 Å². The molecule has 1 saturated heterocycles. The Kier molecular flexibility index (Phi) is 7.37. The molecule has 1 aromatic rings. The summed E-state index contributed by atoms with van der Waals surface area (Å²) in [6.07, 6.45) is 4.11. The number of thiophene rings is 1. The molecular weight excluding hydrogens is 276 g/mol. The van der Waals surface area contributed by atoms with Crippen LogP contribution in [0.3, 0.4) is 0 Å². The lowest BCUT2D eigenvalue weighted by molar-refractivity contribution is 0.172. The van der Waals surface area contributed by atoms with Crippen LogP contribution in [0.5, 0.6) is 0 Å². The third-order valence-corrected chi connectivity index (χ3v) is 5.06. The van der Waals surface area contributed by atoms with Crippen LogP contribution < -0.4 is 5.32 Å². The van der Waals surface area contributed by atoms with Crippen LogP contribution >= 0.6 is 23.7 Å². The Bertz CT molecular complexity index is 370. The third kappa shape index (κ3) is 5.07. The van der Waals surface area contributed by atoms with Gasteiger partial charge in [0.2, 0.25) is 0 Å². The maximum Gasteiger partial charge on any atom is 0.0244 e. The summed E-state index contributed by atoms with van der Waals surface area (Å²) in [7, 11) is 2.05. The molecule has 0 aromatic carbocycles. The van der Waals surface area contributed by atoms with Crippen molar-refractivity contribution in [3.05, 3.63) is 21.4 Å². The van der Waals surface area contributed by atoms with Crippen LogP contribution in [0.2, 0.25) is 0 Å². The second-order valence-corrected chi connectivity index (χ2v) is 7.01. The maximum absolute atomic E-state index is 3.26. The molecule has 110 valence electrons. The number of nitrogens with zero attached hydrogens (tertiary/aromatic N) is 1. The van der Waals surface area contributed by atoms with Crippen LogP contribution in [0.1, 0.15) is 34.6 Å². The largest absolute Gasteiger partial charge is 0.320 e. The van der Waals surface area contributed by atoms with Crippen molar-refractivity contribution in [1.29, 1.82) is 0 Å². The van der Waals surface area contributed by atoms with Crippen molar-refractivity contribution in [3.8, 4) is 0 Å². The van der Waals surface area contributed by atoms with E-state index in [1.54, 1.807) is 5.56 Å². The van der Waals surface area contributed by atoms with E-state index in [0.717, 1.165) is 12.5 Å². The monoisotopic (exact) mass is 302 g/mol. The van der Waals surface area contributed by atoms with Gasteiger partial charge in [-0.3, -0.25) is 4.90 Å². The van der Waals surface area contributed by atoms with E-state index in [4.69, 9.17) is 0 Å². The molecule has 2 rings (SSSR count). The van der Waals surface area contributed by atoms with Crippen LogP contribution in [-0.2, 0) is 6.54 Å². The van der Waals surface area contributed by atoms with Crippen molar-refractivity contribution in [2.75, 3.05) is 26.7 Å². The van der Waals surface area contributed by atoms with Crippen LogP contribution in [-0.4, -0.2) is 31.6 Å². The van der Waals surface area contributed by atoms with Crippen molar-refractivity contribution in [1.82, 2.24) is 10.2 Å². The second-order valence-electron chi connectivity index (χ2n) is 5.55. The van der Waals surface area contributed by atoms with E-state index in [1.807, 2.05) is 11.3 Å². The van der Waals surface area contributed by atoms with Crippen LogP contribution in [0.25, 0.3) is 0 Å². The lowest BCUT2D eigenvalue weighted by Gasteiger charge is -2.32. The summed E-state index contributed by atoms with van der Waals surface area (Å²) in [5.41, 5.74) is 1.55. The Morgan fingerprint density at radius 3 is 2.53 bits per heavy atom. The minimum absolute atomic E-state index is 0. The summed E-state index contributed by atoms with van der Waals surface area (Å²) in [6, 6.07) is 2.37. The topological polar surface area (TPSA) is 15.3 Å². The molecule has 1 aromatic heterocycles.